The second-order valence-electron chi connectivity index (χ2n) is 6.33. The number of nitrogens with one attached hydrogen (secondary N) is 1. The molecule has 5 nitrogen and oxygen atoms in total. The minimum atomic E-state index is -0.00245. The van der Waals surface area contributed by atoms with Crippen LogP contribution in [0.25, 0.3) is 10.9 Å². The zero-order valence-electron chi connectivity index (χ0n) is 11.9. The molecule has 106 valence electrons. The number of nitrogens with two attached hydrogens (primary N) is 1. The molecule has 3 N–H and O–H groups in total. The van der Waals surface area contributed by atoms with Crippen LogP contribution in [0.2, 0.25) is 0 Å². The van der Waals surface area contributed by atoms with Gasteiger partial charge in [0.2, 0.25) is 0 Å². The summed E-state index contributed by atoms with van der Waals surface area (Å²) >= 11 is 0. The highest BCUT2D eigenvalue weighted by Crippen LogP contribution is 2.30. The first-order valence-corrected chi connectivity index (χ1v) is 6.99. The van der Waals surface area contributed by atoms with E-state index in [0.717, 1.165) is 36.8 Å². The zero-order chi connectivity index (χ0) is 14.3. The van der Waals surface area contributed by atoms with Crippen LogP contribution in [0.1, 0.15) is 37.2 Å². The number of hydrogen-bond donors (Lipinski definition) is 2. The number of fused-ring (bicyclic) bond motifs is 1. The number of hydrogen-bond acceptors (Lipinski definition) is 3. The molecule has 0 atom stereocenters. The Morgan fingerprint density at radius 1 is 1.35 bits per heavy atom. The van der Waals surface area contributed by atoms with Gasteiger partial charge in [-0.2, -0.15) is 5.10 Å². The zero-order valence-corrected chi connectivity index (χ0v) is 11.9. The molecule has 2 aromatic rings. The fourth-order valence-corrected chi connectivity index (χ4v) is 2.66. The number of carbonyl (C=O) groups excluding carboxylic acids is 1. The van der Waals surface area contributed by atoms with Crippen LogP contribution in [0.5, 0.6) is 0 Å². The van der Waals surface area contributed by atoms with E-state index >= 15 is 0 Å². The number of piperidine rings is 1. The van der Waals surface area contributed by atoms with Crippen LogP contribution in [0.3, 0.4) is 0 Å². The Morgan fingerprint density at radius 2 is 2.05 bits per heavy atom. The highest BCUT2D eigenvalue weighted by molar-refractivity contribution is 6.05. The van der Waals surface area contributed by atoms with Gasteiger partial charge < -0.3 is 10.6 Å². The number of anilines is 1. The lowest BCUT2D eigenvalue weighted by Crippen LogP contribution is -2.41. The molecule has 1 fully saturated rings. The molecule has 5 heteroatoms. The average molecular weight is 272 g/mol. The summed E-state index contributed by atoms with van der Waals surface area (Å²) in [4.78, 5) is 14.5. The number of H-pyrrole nitrogens is 1. The maximum Gasteiger partial charge on any atom is 0.274 e. The van der Waals surface area contributed by atoms with E-state index in [9.17, 15) is 4.79 Å². The van der Waals surface area contributed by atoms with Crippen molar-refractivity contribution >= 4 is 22.5 Å². The lowest BCUT2D eigenvalue weighted by Gasteiger charge is -2.36. The standard InChI is InChI=1S/C15H20N4O/c1-15(2)5-7-19(8-6-15)14(20)13-11-9-10(16)3-4-12(11)17-18-13/h3-4,9H,5-8,16H2,1-2H3,(H,17,18). The number of aromatic nitrogens is 2. The van der Waals surface area contributed by atoms with Crippen LogP contribution in [-0.4, -0.2) is 34.1 Å². The number of rotatable bonds is 1. The molecule has 3 rings (SSSR count). The molecule has 1 aliphatic rings. The SMILES string of the molecule is CC1(C)CCN(C(=O)c2n[nH]c3ccc(N)cc23)CC1. The summed E-state index contributed by atoms with van der Waals surface area (Å²) in [5, 5.41) is 7.88. The summed E-state index contributed by atoms with van der Waals surface area (Å²) in [5.74, 6) is -0.00245. The van der Waals surface area contributed by atoms with Gasteiger partial charge in [0, 0.05) is 24.2 Å². The van der Waals surface area contributed by atoms with Gasteiger partial charge in [-0.05, 0) is 36.5 Å². The van der Waals surface area contributed by atoms with Gasteiger partial charge in [0.15, 0.2) is 5.69 Å². The van der Waals surface area contributed by atoms with Crippen LogP contribution in [0.4, 0.5) is 5.69 Å². The molecule has 1 amide bonds. The first-order valence-electron chi connectivity index (χ1n) is 6.99. The Balaban J connectivity index is 1.88. The topological polar surface area (TPSA) is 75.0 Å². The van der Waals surface area contributed by atoms with Gasteiger partial charge >= 0.3 is 0 Å². The molecule has 0 aliphatic carbocycles. The van der Waals surface area contributed by atoms with Crippen LogP contribution < -0.4 is 5.73 Å². The maximum atomic E-state index is 12.6. The van der Waals surface area contributed by atoms with Gasteiger partial charge in [0.1, 0.15) is 0 Å². The van der Waals surface area contributed by atoms with Crippen molar-refractivity contribution in [3.05, 3.63) is 23.9 Å². The largest absolute Gasteiger partial charge is 0.399 e. The number of nitrogens with zero attached hydrogens (tertiary/aromatic N) is 2. The van der Waals surface area contributed by atoms with E-state index in [1.54, 1.807) is 12.1 Å². The lowest BCUT2D eigenvalue weighted by atomic mass is 9.82. The van der Waals surface area contributed by atoms with E-state index in [1.165, 1.54) is 0 Å². The third-order valence-corrected chi connectivity index (χ3v) is 4.19. The molecular formula is C15H20N4O. The first kappa shape index (κ1) is 13.0. The van der Waals surface area contributed by atoms with Crippen LogP contribution >= 0.6 is 0 Å². The van der Waals surface area contributed by atoms with E-state index in [2.05, 4.69) is 24.0 Å². The molecule has 0 bridgehead atoms. The van der Waals surface area contributed by atoms with E-state index in [1.807, 2.05) is 11.0 Å². The first-order chi connectivity index (χ1) is 9.46. The number of amides is 1. The molecule has 1 aliphatic heterocycles. The number of nitrogen functional groups attached to an aromatic ring is 1. The van der Waals surface area contributed by atoms with Crippen molar-refractivity contribution in [3.63, 3.8) is 0 Å². The summed E-state index contributed by atoms with van der Waals surface area (Å²) in [7, 11) is 0. The normalized spacial score (nSPS) is 18.4. The highest BCUT2D eigenvalue weighted by atomic mass is 16.2. The Labute approximate surface area is 118 Å². The molecule has 1 aromatic heterocycles. The third-order valence-electron chi connectivity index (χ3n) is 4.19. The second-order valence-corrected chi connectivity index (χ2v) is 6.33. The fraction of sp³-hybridized carbons (Fsp3) is 0.467. The van der Waals surface area contributed by atoms with E-state index < -0.39 is 0 Å². The van der Waals surface area contributed by atoms with Gasteiger partial charge in [-0.15, -0.1) is 0 Å². The molecule has 1 aromatic carbocycles. The monoisotopic (exact) mass is 272 g/mol. The Hall–Kier alpha value is -2.04. The number of aromatic amines is 1. The maximum absolute atomic E-state index is 12.6. The van der Waals surface area contributed by atoms with Gasteiger partial charge in [-0.25, -0.2) is 0 Å². The average Bonchev–Trinajstić information content (AvgIpc) is 2.81. The van der Waals surface area contributed by atoms with Crippen LogP contribution in [0.15, 0.2) is 18.2 Å². The van der Waals surface area contributed by atoms with Gasteiger partial charge in [-0.1, -0.05) is 13.8 Å². The predicted molar refractivity (Wildman–Crippen MR) is 79.4 cm³/mol. The molecular weight excluding hydrogens is 252 g/mol. The summed E-state index contributed by atoms with van der Waals surface area (Å²) in [6.45, 7) is 6.09. The molecule has 0 saturated carbocycles. The molecule has 20 heavy (non-hydrogen) atoms. The molecule has 0 spiro atoms. The van der Waals surface area contributed by atoms with Crippen molar-refractivity contribution < 1.29 is 4.79 Å². The Kier molecular flexibility index (Phi) is 2.92. The molecule has 0 unspecified atom stereocenters. The lowest BCUT2D eigenvalue weighted by molar-refractivity contribution is 0.0626. The van der Waals surface area contributed by atoms with Crippen molar-refractivity contribution in [3.8, 4) is 0 Å². The van der Waals surface area contributed by atoms with Crippen LogP contribution in [-0.2, 0) is 0 Å². The van der Waals surface area contributed by atoms with Gasteiger partial charge in [-0.3, -0.25) is 9.89 Å². The van der Waals surface area contributed by atoms with E-state index in [0.29, 0.717) is 16.8 Å². The summed E-state index contributed by atoms with van der Waals surface area (Å²) in [6, 6.07) is 5.46. The molecule has 2 heterocycles. The van der Waals surface area contributed by atoms with E-state index in [4.69, 9.17) is 5.73 Å². The van der Waals surface area contributed by atoms with Crippen molar-refractivity contribution in [1.29, 1.82) is 0 Å². The quantitative estimate of drug-likeness (QED) is 0.783. The predicted octanol–water partition coefficient (Wildman–Crippen LogP) is 2.41. The second kappa shape index (κ2) is 4.51. The number of likely N-dealkylation sites (tertiary alicyclic amines) is 1. The minimum Gasteiger partial charge on any atom is -0.399 e. The summed E-state index contributed by atoms with van der Waals surface area (Å²) in [5.41, 5.74) is 8.10. The number of carbonyl (C=O) groups is 1. The fourth-order valence-electron chi connectivity index (χ4n) is 2.66. The molecule has 1 saturated heterocycles. The Bertz CT molecular complexity index is 649. The van der Waals surface area contributed by atoms with Crippen molar-refractivity contribution in [1.82, 2.24) is 15.1 Å². The highest BCUT2D eigenvalue weighted by Gasteiger charge is 2.29. The van der Waals surface area contributed by atoms with Crippen molar-refractivity contribution in [2.75, 3.05) is 18.8 Å². The van der Waals surface area contributed by atoms with Crippen LogP contribution in [0, 0.1) is 5.41 Å². The summed E-state index contributed by atoms with van der Waals surface area (Å²) < 4.78 is 0. The third kappa shape index (κ3) is 2.24. The minimum absolute atomic E-state index is 0.00245. The smallest absolute Gasteiger partial charge is 0.274 e. The van der Waals surface area contributed by atoms with Gasteiger partial charge in [0.25, 0.3) is 5.91 Å². The van der Waals surface area contributed by atoms with E-state index in [-0.39, 0.29) is 5.91 Å². The number of benzene rings is 1. The van der Waals surface area contributed by atoms with Crippen molar-refractivity contribution in [2.24, 2.45) is 5.41 Å². The summed E-state index contributed by atoms with van der Waals surface area (Å²) in [6.07, 6.45) is 2.06. The Morgan fingerprint density at radius 3 is 2.75 bits per heavy atom. The van der Waals surface area contributed by atoms with Gasteiger partial charge in [0.05, 0.1) is 5.52 Å². The molecule has 0 radical (unpaired) electrons. The van der Waals surface area contributed by atoms with Crippen molar-refractivity contribution in [2.45, 2.75) is 26.7 Å².